The van der Waals surface area contributed by atoms with Crippen molar-refractivity contribution in [3.8, 4) is 5.88 Å². The first-order valence-electron chi connectivity index (χ1n) is 7.80. The van der Waals surface area contributed by atoms with E-state index in [0.29, 0.717) is 11.9 Å². The Morgan fingerprint density at radius 2 is 2.00 bits per heavy atom. The molecule has 7 heteroatoms. The third-order valence-electron chi connectivity index (χ3n) is 3.66. The van der Waals surface area contributed by atoms with E-state index >= 15 is 0 Å². The van der Waals surface area contributed by atoms with Crippen LogP contribution in [-0.2, 0) is 4.74 Å². The molecule has 1 atom stereocenters. The molecule has 1 aromatic rings. The quantitative estimate of drug-likeness (QED) is 0.840. The van der Waals surface area contributed by atoms with E-state index in [0.717, 1.165) is 38.7 Å². The Bertz CT molecular complexity index is 477. The van der Waals surface area contributed by atoms with Crippen LogP contribution in [0, 0.1) is 0 Å². The fourth-order valence-corrected chi connectivity index (χ4v) is 2.55. The zero-order valence-corrected chi connectivity index (χ0v) is 14.0. The number of likely N-dealkylation sites (N-methyl/N-ethyl adjacent to an activating group) is 1. The molecule has 1 aliphatic rings. The van der Waals surface area contributed by atoms with Crippen LogP contribution in [0.2, 0.25) is 0 Å². The van der Waals surface area contributed by atoms with Gasteiger partial charge in [-0.15, -0.1) is 0 Å². The Kier molecular flexibility index (Phi) is 5.79. The van der Waals surface area contributed by atoms with Gasteiger partial charge in [0, 0.05) is 38.8 Å². The Balaban J connectivity index is 2.01. The Hall–Kier alpha value is -1.60. The van der Waals surface area contributed by atoms with Crippen LogP contribution in [0.5, 0.6) is 5.88 Å². The van der Waals surface area contributed by atoms with Crippen molar-refractivity contribution >= 4 is 11.8 Å². The summed E-state index contributed by atoms with van der Waals surface area (Å²) in [5.74, 6) is 1.53. The van der Waals surface area contributed by atoms with Crippen molar-refractivity contribution in [1.82, 2.24) is 14.9 Å². The average molecular weight is 309 g/mol. The van der Waals surface area contributed by atoms with Crippen molar-refractivity contribution < 1.29 is 9.47 Å². The zero-order chi connectivity index (χ0) is 16.1. The van der Waals surface area contributed by atoms with E-state index in [1.54, 1.807) is 0 Å². The molecule has 0 aliphatic carbocycles. The molecule has 0 bridgehead atoms. The first kappa shape index (κ1) is 16.8. The van der Waals surface area contributed by atoms with Gasteiger partial charge in [-0.25, -0.2) is 0 Å². The molecule has 1 fully saturated rings. The SMILES string of the molecule is CC(C)Oc1cc(N(C)CC(C)N2CCOCC2)nc(N)n1. The second-order valence-electron chi connectivity index (χ2n) is 5.97. The summed E-state index contributed by atoms with van der Waals surface area (Å²) in [6.07, 6.45) is 0.0553. The molecule has 1 aromatic heterocycles. The number of hydrogen-bond acceptors (Lipinski definition) is 7. The summed E-state index contributed by atoms with van der Waals surface area (Å²) in [4.78, 5) is 12.9. The summed E-state index contributed by atoms with van der Waals surface area (Å²) >= 11 is 0. The number of aromatic nitrogens is 2. The van der Waals surface area contributed by atoms with Gasteiger partial charge in [0.1, 0.15) is 5.82 Å². The van der Waals surface area contributed by atoms with Crippen LogP contribution in [0.3, 0.4) is 0 Å². The van der Waals surface area contributed by atoms with Gasteiger partial charge in [-0.2, -0.15) is 9.97 Å². The largest absolute Gasteiger partial charge is 0.475 e. The summed E-state index contributed by atoms with van der Waals surface area (Å²) in [5, 5.41) is 0. The minimum Gasteiger partial charge on any atom is -0.475 e. The molecular weight excluding hydrogens is 282 g/mol. The van der Waals surface area contributed by atoms with Crippen molar-refractivity contribution in [3.05, 3.63) is 6.07 Å². The lowest BCUT2D eigenvalue weighted by Gasteiger charge is -2.34. The van der Waals surface area contributed by atoms with Crippen molar-refractivity contribution in [2.24, 2.45) is 0 Å². The molecule has 2 heterocycles. The fourth-order valence-electron chi connectivity index (χ4n) is 2.55. The van der Waals surface area contributed by atoms with Gasteiger partial charge < -0.3 is 20.1 Å². The normalized spacial score (nSPS) is 17.5. The molecule has 2 N–H and O–H groups in total. The number of nitrogens with zero attached hydrogens (tertiary/aromatic N) is 4. The van der Waals surface area contributed by atoms with Crippen LogP contribution >= 0.6 is 0 Å². The van der Waals surface area contributed by atoms with E-state index in [-0.39, 0.29) is 12.1 Å². The summed E-state index contributed by atoms with van der Waals surface area (Å²) in [5.41, 5.74) is 5.79. The molecule has 22 heavy (non-hydrogen) atoms. The second kappa shape index (κ2) is 7.60. The minimum absolute atomic E-state index is 0.0553. The highest BCUT2D eigenvalue weighted by Gasteiger charge is 2.19. The number of hydrogen-bond donors (Lipinski definition) is 1. The molecule has 0 aromatic carbocycles. The number of anilines is 2. The second-order valence-corrected chi connectivity index (χ2v) is 5.97. The van der Waals surface area contributed by atoms with Crippen LogP contribution < -0.4 is 15.4 Å². The third-order valence-corrected chi connectivity index (χ3v) is 3.66. The standard InChI is InChI=1S/C15H27N5O2/c1-11(2)22-14-9-13(17-15(16)18-14)19(4)10-12(3)20-5-7-21-8-6-20/h9,11-12H,5-8,10H2,1-4H3,(H2,16,17,18). The van der Waals surface area contributed by atoms with E-state index in [2.05, 4.69) is 26.7 Å². The topological polar surface area (TPSA) is 76.7 Å². The monoisotopic (exact) mass is 309 g/mol. The van der Waals surface area contributed by atoms with Crippen molar-refractivity contribution in [2.45, 2.75) is 32.9 Å². The lowest BCUT2D eigenvalue weighted by molar-refractivity contribution is 0.0218. The molecule has 1 aliphatic heterocycles. The Morgan fingerprint density at radius 1 is 1.32 bits per heavy atom. The summed E-state index contributed by atoms with van der Waals surface area (Å²) in [6, 6.07) is 2.25. The van der Waals surface area contributed by atoms with Crippen molar-refractivity contribution in [3.63, 3.8) is 0 Å². The predicted octanol–water partition coefficient (Wildman–Crippen LogP) is 1.00. The molecule has 0 spiro atoms. The van der Waals surface area contributed by atoms with Gasteiger partial charge in [-0.1, -0.05) is 0 Å². The molecule has 7 nitrogen and oxygen atoms in total. The van der Waals surface area contributed by atoms with Gasteiger partial charge in [0.2, 0.25) is 11.8 Å². The fraction of sp³-hybridized carbons (Fsp3) is 0.733. The number of nitrogen functional groups attached to an aromatic ring is 1. The smallest absolute Gasteiger partial charge is 0.225 e. The maximum Gasteiger partial charge on any atom is 0.225 e. The molecule has 0 radical (unpaired) electrons. The van der Waals surface area contributed by atoms with E-state index in [1.165, 1.54) is 0 Å². The summed E-state index contributed by atoms with van der Waals surface area (Å²) in [7, 11) is 2.01. The van der Waals surface area contributed by atoms with E-state index in [1.807, 2.05) is 27.0 Å². The molecule has 1 unspecified atom stereocenters. The molecule has 0 amide bonds. The molecular formula is C15H27N5O2. The maximum atomic E-state index is 5.79. The zero-order valence-electron chi connectivity index (χ0n) is 14.0. The molecule has 124 valence electrons. The molecule has 2 rings (SSSR count). The highest BCUT2D eigenvalue weighted by Crippen LogP contribution is 2.19. The number of nitrogens with two attached hydrogens (primary N) is 1. The lowest BCUT2D eigenvalue weighted by Crippen LogP contribution is -2.46. The van der Waals surface area contributed by atoms with Crippen molar-refractivity contribution in [2.75, 3.05) is 50.5 Å². The van der Waals surface area contributed by atoms with Crippen LogP contribution in [-0.4, -0.2) is 66.9 Å². The first-order chi connectivity index (χ1) is 10.5. The van der Waals surface area contributed by atoms with Gasteiger partial charge in [-0.3, -0.25) is 4.90 Å². The summed E-state index contributed by atoms with van der Waals surface area (Å²) < 4.78 is 11.0. The van der Waals surface area contributed by atoms with Gasteiger partial charge >= 0.3 is 0 Å². The van der Waals surface area contributed by atoms with E-state index in [4.69, 9.17) is 15.2 Å². The highest BCUT2D eigenvalue weighted by molar-refractivity contribution is 5.45. The van der Waals surface area contributed by atoms with E-state index in [9.17, 15) is 0 Å². The minimum atomic E-state index is 0.0553. The van der Waals surface area contributed by atoms with Crippen LogP contribution in [0.1, 0.15) is 20.8 Å². The highest BCUT2D eigenvalue weighted by atomic mass is 16.5. The van der Waals surface area contributed by atoms with Crippen LogP contribution in [0.25, 0.3) is 0 Å². The van der Waals surface area contributed by atoms with Crippen LogP contribution in [0.4, 0.5) is 11.8 Å². The Labute approximate surface area is 132 Å². The number of rotatable bonds is 6. The third kappa shape index (κ3) is 4.71. The van der Waals surface area contributed by atoms with Crippen LogP contribution in [0.15, 0.2) is 6.07 Å². The predicted molar refractivity (Wildman–Crippen MR) is 87.3 cm³/mol. The van der Waals surface area contributed by atoms with Gasteiger partial charge in [0.25, 0.3) is 0 Å². The first-order valence-corrected chi connectivity index (χ1v) is 7.80. The lowest BCUT2D eigenvalue weighted by atomic mass is 10.2. The van der Waals surface area contributed by atoms with Gasteiger partial charge in [-0.05, 0) is 20.8 Å². The summed E-state index contributed by atoms with van der Waals surface area (Å²) in [6.45, 7) is 10.6. The molecule has 1 saturated heterocycles. The Morgan fingerprint density at radius 3 is 2.64 bits per heavy atom. The van der Waals surface area contributed by atoms with E-state index < -0.39 is 0 Å². The van der Waals surface area contributed by atoms with Gasteiger partial charge in [0.05, 0.1) is 19.3 Å². The average Bonchev–Trinajstić information content (AvgIpc) is 2.46. The van der Waals surface area contributed by atoms with Gasteiger partial charge in [0.15, 0.2) is 0 Å². The maximum absolute atomic E-state index is 5.79. The van der Waals surface area contributed by atoms with Crippen molar-refractivity contribution in [1.29, 1.82) is 0 Å². The number of ether oxygens (including phenoxy) is 2. The number of morpholine rings is 1. The molecule has 0 saturated carbocycles.